The predicted octanol–water partition coefficient (Wildman–Crippen LogP) is 1.78. The minimum absolute atomic E-state index is 0.00709. The highest BCUT2D eigenvalue weighted by Crippen LogP contribution is 2.24. The van der Waals surface area contributed by atoms with Gasteiger partial charge in [-0.3, -0.25) is 14.3 Å². The van der Waals surface area contributed by atoms with Crippen LogP contribution in [-0.2, 0) is 11.3 Å². The molecule has 0 unspecified atom stereocenters. The SMILES string of the molecule is O=C(S)[C@H]1CC[N+]2=C1N(Cc1ccccc1)CCC2. The standard InChI is InChI=1S/C15H18N2OS/c18-15(19)13-7-10-16-8-4-9-17(14(13)16)11-12-5-2-1-3-6-12/h1-3,5-6,13H,4,7-11H2/p+1/t13-/m0/s1. The number of benzene rings is 1. The van der Waals surface area contributed by atoms with Gasteiger partial charge in [0.1, 0.15) is 12.5 Å². The third-order valence-corrected chi connectivity index (χ3v) is 4.33. The molecule has 1 aromatic carbocycles. The first-order chi connectivity index (χ1) is 9.25. The van der Waals surface area contributed by atoms with E-state index in [1.165, 1.54) is 17.8 Å². The van der Waals surface area contributed by atoms with E-state index in [2.05, 4.69) is 46.4 Å². The van der Waals surface area contributed by atoms with Crippen molar-refractivity contribution in [2.75, 3.05) is 19.6 Å². The second-order valence-corrected chi connectivity index (χ2v) is 5.73. The molecule has 0 fully saturated rings. The number of nitrogens with zero attached hydrogens (tertiary/aromatic N) is 2. The van der Waals surface area contributed by atoms with Gasteiger partial charge in [0, 0.05) is 12.8 Å². The third kappa shape index (κ3) is 2.54. The van der Waals surface area contributed by atoms with E-state index >= 15 is 0 Å². The lowest BCUT2D eigenvalue weighted by Gasteiger charge is -2.25. The Balaban J connectivity index is 1.85. The van der Waals surface area contributed by atoms with Crippen LogP contribution in [0.4, 0.5) is 0 Å². The molecule has 3 rings (SSSR count). The van der Waals surface area contributed by atoms with E-state index in [-0.39, 0.29) is 11.0 Å². The van der Waals surface area contributed by atoms with Gasteiger partial charge < -0.3 is 0 Å². The Morgan fingerprint density at radius 1 is 1.32 bits per heavy atom. The van der Waals surface area contributed by atoms with Crippen LogP contribution >= 0.6 is 12.6 Å². The summed E-state index contributed by atoms with van der Waals surface area (Å²) in [5, 5.41) is 0.0115. The second-order valence-electron chi connectivity index (χ2n) is 5.29. The molecule has 19 heavy (non-hydrogen) atoms. The zero-order valence-electron chi connectivity index (χ0n) is 11.0. The Morgan fingerprint density at radius 2 is 2.11 bits per heavy atom. The summed E-state index contributed by atoms with van der Waals surface area (Å²) in [6.45, 7) is 4.01. The molecule has 2 aliphatic heterocycles. The fourth-order valence-electron chi connectivity index (χ4n) is 3.16. The summed E-state index contributed by atoms with van der Waals surface area (Å²) >= 11 is 4.06. The first kappa shape index (κ1) is 12.7. The molecule has 4 heteroatoms. The molecule has 0 aliphatic carbocycles. The lowest BCUT2D eigenvalue weighted by molar-refractivity contribution is -0.530. The fraction of sp³-hybridized carbons (Fsp3) is 0.467. The van der Waals surface area contributed by atoms with Crippen LogP contribution in [-0.4, -0.2) is 40.1 Å². The molecule has 0 amide bonds. The number of rotatable bonds is 3. The molecule has 0 bridgehead atoms. The van der Waals surface area contributed by atoms with Crippen molar-refractivity contribution in [3.05, 3.63) is 35.9 Å². The largest absolute Gasteiger partial charge is 0.286 e. The van der Waals surface area contributed by atoms with Gasteiger partial charge in [-0.1, -0.05) is 30.3 Å². The molecule has 0 N–H and O–H groups in total. The van der Waals surface area contributed by atoms with Crippen molar-refractivity contribution in [2.45, 2.75) is 19.4 Å². The molecule has 0 saturated carbocycles. The Labute approximate surface area is 119 Å². The molecular weight excluding hydrogens is 256 g/mol. The molecule has 2 heterocycles. The summed E-state index contributed by atoms with van der Waals surface area (Å²) in [5.41, 5.74) is 1.30. The average Bonchev–Trinajstić information content (AvgIpc) is 2.85. The minimum Gasteiger partial charge on any atom is -0.286 e. The number of carbonyl (C=O) groups is 1. The van der Waals surface area contributed by atoms with Gasteiger partial charge >= 0.3 is 0 Å². The van der Waals surface area contributed by atoms with Crippen LogP contribution in [0.5, 0.6) is 0 Å². The van der Waals surface area contributed by atoms with Crippen LogP contribution in [0.15, 0.2) is 30.3 Å². The zero-order chi connectivity index (χ0) is 13.2. The van der Waals surface area contributed by atoms with Gasteiger partial charge in [-0.15, -0.1) is 12.6 Å². The van der Waals surface area contributed by atoms with Crippen LogP contribution in [0.2, 0.25) is 0 Å². The molecule has 0 radical (unpaired) electrons. The Bertz CT molecular complexity index is 512. The lowest BCUT2D eigenvalue weighted by Crippen LogP contribution is -2.44. The van der Waals surface area contributed by atoms with E-state index in [1.54, 1.807) is 0 Å². The molecule has 1 atom stereocenters. The van der Waals surface area contributed by atoms with Gasteiger partial charge in [0.25, 0.3) is 5.84 Å². The third-order valence-electron chi connectivity index (χ3n) is 4.02. The number of thiol groups is 1. The molecule has 0 spiro atoms. The maximum Gasteiger partial charge on any atom is 0.258 e. The maximum absolute atomic E-state index is 11.7. The van der Waals surface area contributed by atoms with Crippen molar-refractivity contribution < 1.29 is 9.37 Å². The van der Waals surface area contributed by atoms with E-state index in [0.717, 1.165) is 32.6 Å². The monoisotopic (exact) mass is 275 g/mol. The number of amidine groups is 1. The molecule has 2 aliphatic rings. The smallest absolute Gasteiger partial charge is 0.258 e. The van der Waals surface area contributed by atoms with Gasteiger partial charge in [-0.05, 0) is 5.56 Å². The van der Waals surface area contributed by atoms with Gasteiger partial charge in [0.05, 0.1) is 19.6 Å². The Morgan fingerprint density at radius 3 is 2.84 bits per heavy atom. The second kappa shape index (κ2) is 5.37. The molecule has 3 nitrogen and oxygen atoms in total. The number of hydrogen-bond acceptors (Lipinski definition) is 2. The van der Waals surface area contributed by atoms with Crippen LogP contribution in [0.1, 0.15) is 18.4 Å². The number of hydrogen-bond donors (Lipinski definition) is 1. The van der Waals surface area contributed by atoms with Crippen molar-refractivity contribution in [3.63, 3.8) is 0 Å². The summed E-state index contributed by atoms with van der Waals surface area (Å²) in [7, 11) is 0. The van der Waals surface area contributed by atoms with Gasteiger partial charge in [-0.25, -0.2) is 0 Å². The van der Waals surface area contributed by atoms with Crippen LogP contribution in [0, 0.1) is 5.92 Å². The summed E-state index contributed by atoms with van der Waals surface area (Å²) in [5.74, 6) is 1.20. The van der Waals surface area contributed by atoms with Crippen molar-refractivity contribution in [2.24, 2.45) is 5.92 Å². The summed E-state index contributed by atoms with van der Waals surface area (Å²) in [6.07, 6.45) is 2.09. The Kier molecular flexibility index (Phi) is 3.60. The molecular formula is C15H19N2OS+. The van der Waals surface area contributed by atoms with E-state index in [4.69, 9.17) is 0 Å². The molecule has 1 aromatic rings. The topological polar surface area (TPSA) is 23.3 Å². The predicted molar refractivity (Wildman–Crippen MR) is 78.6 cm³/mol. The van der Waals surface area contributed by atoms with Gasteiger partial charge in [-0.2, -0.15) is 0 Å². The average molecular weight is 275 g/mol. The summed E-state index contributed by atoms with van der Waals surface area (Å²) in [6, 6.07) is 10.5. The highest BCUT2D eigenvalue weighted by molar-refractivity contribution is 7.96. The van der Waals surface area contributed by atoms with Gasteiger partial charge in [0.2, 0.25) is 5.12 Å². The zero-order valence-corrected chi connectivity index (χ0v) is 11.9. The van der Waals surface area contributed by atoms with Crippen LogP contribution in [0.25, 0.3) is 0 Å². The molecule has 0 saturated heterocycles. The van der Waals surface area contributed by atoms with E-state index < -0.39 is 0 Å². The van der Waals surface area contributed by atoms with E-state index in [0.29, 0.717) is 0 Å². The highest BCUT2D eigenvalue weighted by atomic mass is 32.1. The summed E-state index contributed by atoms with van der Waals surface area (Å²) in [4.78, 5) is 14.1. The summed E-state index contributed by atoms with van der Waals surface area (Å²) < 4.78 is 2.37. The van der Waals surface area contributed by atoms with Crippen LogP contribution in [0.3, 0.4) is 0 Å². The maximum atomic E-state index is 11.7. The van der Waals surface area contributed by atoms with Crippen LogP contribution < -0.4 is 0 Å². The van der Waals surface area contributed by atoms with E-state index in [9.17, 15) is 4.79 Å². The van der Waals surface area contributed by atoms with Crippen molar-refractivity contribution >= 4 is 23.6 Å². The first-order valence-corrected chi connectivity index (χ1v) is 7.34. The molecule has 0 aromatic heterocycles. The first-order valence-electron chi connectivity index (χ1n) is 6.89. The van der Waals surface area contributed by atoms with Crippen molar-refractivity contribution in [1.82, 2.24) is 4.90 Å². The highest BCUT2D eigenvalue weighted by Gasteiger charge is 2.41. The van der Waals surface area contributed by atoms with Crippen molar-refractivity contribution in [1.29, 1.82) is 0 Å². The number of carbonyl (C=O) groups excluding carboxylic acids is 1. The van der Waals surface area contributed by atoms with Crippen molar-refractivity contribution in [3.8, 4) is 0 Å². The quantitative estimate of drug-likeness (QED) is 0.671. The lowest BCUT2D eigenvalue weighted by atomic mass is 10.1. The fourth-order valence-corrected chi connectivity index (χ4v) is 3.41. The van der Waals surface area contributed by atoms with E-state index in [1.807, 2.05) is 6.07 Å². The normalized spacial score (nSPS) is 22.6. The van der Waals surface area contributed by atoms with Gasteiger partial charge in [0.15, 0.2) is 0 Å². The molecule has 100 valence electrons. The minimum atomic E-state index is -0.00709. The Hall–Kier alpha value is -1.29.